The Kier molecular flexibility index (Phi) is 2.73. The lowest BCUT2D eigenvalue weighted by Crippen LogP contribution is -1.88. The van der Waals surface area contributed by atoms with Crippen molar-refractivity contribution < 1.29 is 0 Å². The monoisotopic (exact) mass is 288 g/mol. The SMILES string of the molecule is Cc1ccc(C2NC2c2cc(Br)ccn2)cc1. The Hall–Kier alpha value is -1.19. The molecule has 1 aromatic heterocycles. The number of rotatable bonds is 2. The molecular formula is C14H13BrN2. The molecule has 3 rings (SSSR count). The maximum Gasteiger partial charge on any atom is 0.0699 e. The van der Waals surface area contributed by atoms with Crippen LogP contribution >= 0.6 is 15.9 Å². The Morgan fingerprint density at radius 2 is 1.88 bits per heavy atom. The fourth-order valence-corrected chi connectivity index (χ4v) is 2.40. The van der Waals surface area contributed by atoms with E-state index in [4.69, 9.17) is 0 Å². The molecule has 2 aromatic rings. The van der Waals surface area contributed by atoms with Crippen LogP contribution in [0.15, 0.2) is 47.1 Å². The van der Waals surface area contributed by atoms with Crippen LogP contribution in [0.5, 0.6) is 0 Å². The Balaban J connectivity index is 1.80. The van der Waals surface area contributed by atoms with E-state index in [0.29, 0.717) is 12.1 Å². The van der Waals surface area contributed by atoms with Crippen molar-refractivity contribution in [1.29, 1.82) is 0 Å². The normalized spacial score (nSPS) is 22.5. The first-order valence-electron chi connectivity index (χ1n) is 5.68. The maximum atomic E-state index is 4.40. The van der Waals surface area contributed by atoms with Gasteiger partial charge in [-0.3, -0.25) is 10.3 Å². The second-order valence-corrected chi connectivity index (χ2v) is 5.35. The van der Waals surface area contributed by atoms with Gasteiger partial charge in [0.15, 0.2) is 0 Å². The van der Waals surface area contributed by atoms with Crippen molar-refractivity contribution in [2.24, 2.45) is 0 Å². The maximum absolute atomic E-state index is 4.40. The zero-order valence-electron chi connectivity index (χ0n) is 9.52. The molecule has 1 aliphatic heterocycles. The Morgan fingerprint density at radius 1 is 1.12 bits per heavy atom. The van der Waals surface area contributed by atoms with Crippen LogP contribution in [0.2, 0.25) is 0 Å². The standard InChI is InChI=1S/C14H13BrN2/c1-9-2-4-10(5-3-9)13-14(17-13)12-8-11(15)6-7-16-12/h2-8,13-14,17H,1H3. The largest absolute Gasteiger partial charge is 0.298 e. The minimum atomic E-state index is 0.357. The van der Waals surface area contributed by atoms with Crippen molar-refractivity contribution in [2.45, 2.75) is 19.0 Å². The average molecular weight is 289 g/mol. The molecule has 1 saturated heterocycles. The predicted octanol–water partition coefficient (Wildman–Crippen LogP) is 3.54. The molecule has 86 valence electrons. The molecule has 0 radical (unpaired) electrons. The van der Waals surface area contributed by atoms with Gasteiger partial charge in [-0.05, 0) is 24.6 Å². The van der Waals surface area contributed by atoms with Gasteiger partial charge in [-0.1, -0.05) is 45.8 Å². The van der Waals surface area contributed by atoms with Crippen LogP contribution in [-0.4, -0.2) is 4.98 Å². The summed E-state index contributed by atoms with van der Waals surface area (Å²) >= 11 is 3.48. The molecule has 1 N–H and O–H groups in total. The highest BCUT2D eigenvalue weighted by Crippen LogP contribution is 2.41. The summed E-state index contributed by atoms with van der Waals surface area (Å²) in [6.45, 7) is 2.11. The lowest BCUT2D eigenvalue weighted by Gasteiger charge is -2.00. The highest BCUT2D eigenvalue weighted by molar-refractivity contribution is 9.10. The van der Waals surface area contributed by atoms with Crippen molar-refractivity contribution >= 4 is 15.9 Å². The van der Waals surface area contributed by atoms with Gasteiger partial charge in [-0.2, -0.15) is 0 Å². The highest BCUT2D eigenvalue weighted by atomic mass is 79.9. The average Bonchev–Trinajstić information content (AvgIpc) is 3.10. The number of halogens is 1. The van der Waals surface area contributed by atoms with E-state index >= 15 is 0 Å². The first-order valence-corrected chi connectivity index (χ1v) is 6.47. The van der Waals surface area contributed by atoms with E-state index in [2.05, 4.69) is 63.5 Å². The number of nitrogens with one attached hydrogen (secondary N) is 1. The van der Waals surface area contributed by atoms with E-state index in [1.54, 1.807) is 0 Å². The van der Waals surface area contributed by atoms with Crippen LogP contribution in [0.25, 0.3) is 0 Å². The number of pyridine rings is 1. The van der Waals surface area contributed by atoms with Crippen LogP contribution in [0.4, 0.5) is 0 Å². The Morgan fingerprint density at radius 3 is 2.59 bits per heavy atom. The van der Waals surface area contributed by atoms with Crippen molar-refractivity contribution in [3.63, 3.8) is 0 Å². The lowest BCUT2D eigenvalue weighted by molar-refractivity contribution is 0.959. The third kappa shape index (κ3) is 2.26. The molecule has 0 bridgehead atoms. The van der Waals surface area contributed by atoms with Crippen LogP contribution in [0.1, 0.15) is 28.9 Å². The molecular weight excluding hydrogens is 276 g/mol. The fourth-order valence-electron chi connectivity index (χ4n) is 2.05. The summed E-state index contributed by atoms with van der Waals surface area (Å²) in [7, 11) is 0. The second-order valence-electron chi connectivity index (χ2n) is 4.43. The summed E-state index contributed by atoms with van der Waals surface area (Å²) in [5.41, 5.74) is 3.74. The molecule has 1 aromatic carbocycles. The smallest absolute Gasteiger partial charge is 0.0699 e. The molecule has 3 heteroatoms. The number of aromatic nitrogens is 1. The molecule has 2 atom stereocenters. The van der Waals surface area contributed by atoms with E-state index in [1.165, 1.54) is 11.1 Å². The second kappa shape index (κ2) is 4.24. The third-order valence-electron chi connectivity index (χ3n) is 3.08. The van der Waals surface area contributed by atoms with Gasteiger partial charge in [-0.25, -0.2) is 0 Å². The molecule has 17 heavy (non-hydrogen) atoms. The predicted molar refractivity (Wildman–Crippen MR) is 71.7 cm³/mol. The van der Waals surface area contributed by atoms with Crippen LogP contribution in [-0.2, 0) is 0 Å². The zero-order chi connectivity index (χ0) is 11.8. The molecule has 2 unspecified atom stereocenters. The van der Waals surface area contributed by atoms with Gasteiger partial charge in [0.25, 0.3) is 0 Å². The van der Waals surface area contributed by atoms with Gasteiger partial charge >= 0.3 is 0 Å². The van der Waals surface area contributed by atoms with Gasteiger partial charge < -0.3 is 0 Å². The van der Waals surface area contributed by atoms with E-state index in [0.717, 1.165) is 10.2 Å². The first kappa shape index (κ1) is 10.9. The molecule has 0 amide bonds. The van der Waals surface area contributed by atoms with Gasteiger partial charge in [0, 0.05) is 10.7 Å². The van der Waals surface area contributed by atoms with E-state index in [9.17, 15) is 0 Å². The van der Waals surface area contributed by atoms with Crippen LogP contribution in [0.3, 0.4) is 0 Å². The van der Waals surface area contributed by atoms with Crippen LogP contribution in [0, 0.1) is 6.92 Å². The number of hydrogen-bond acceptors (Lipinski definition) is 2. The van der Waals surface area contributed by atoms with Gasteiger partial charge in [0.05, 0.1) is 17.8 Å². The third-order valence-corrected chi connectivity index (χ3v) is 3.57. The van der Waals surface area contributed by atoms with Gasteiger partial charge in [0.1, 0.15) is 0 Å². The highest BCUT2D eigenvalue weighted by Gasteiger charge is 2.39. The van der Waals surface area contributed by atoms with Gasteiger partial charge in [-0.15, -0.1) is 0 Å². The number of benzene rings is 1. The van der Waals surface area contributed by atoms with E-state index in [1.807, 2.05) is 12.3 Å². The Bertz CT molecular complexity index is 536. The molecule has 1 aliphatic rings. The summed E-state index contributed by atoms with van der Waals surface area (Å²) in [4.78, 5) is 4.40. The fraction of sp³-hybridized carbons (Fsp3) is 0.214. The molecule has 0 spiro atoms. The van der Waals surface area contributed by atoms with Crippen molar-refractivity contribution in [2.75, 3.05) is 0 Å². The summed E-state index contributed by atoms with van der Waals surface area (Å²) in [6.07, 6.45) is 1.84. The molecule has 1 fully saturated rings. The van der Waals surface area contributed by atoms with Crippen molar-refractivity contribution in [3.05, 3.63) is 63.9 Å². The molecule has 2 heterocycles. The number of hydrogen-bond donors (Lipinski definition) is 1. The minimum absolute atomic E-state index is 0.357. The summed E-state index contributed by atoms with van der Waals surface area (Å²) in [5.74, 6) is 0. The van der Waals surface area contributed by atoms with Crippen LogP contribution < -0.4 is 5.32 Å². The van der Waals surface area contributed by atoms with E-state index < -0.39 is 0 Å². The molecule has 2 nitrogen and oxygen atoms in total. The summed E-state index contributed by atoms with van der Waals surface area (Å²) in [6, 6.07) is 13.5. The minimum Gasteiger partial charge on any atom is -0.298 e. The zero-order valence-corrected chi connectivity index (χ0v) is 11.1. The topological polar surface area (TPSA) is 34.8 Å². The number of nitrogens with zero attached hydrogens (tertiary/aromatic N) is 1. The van der Waals surface area contributed by atoms with Crippen molar-refractivity contribution in [3.8, 4) is 0 Å². The number of aryl methyl sites for hydroxylation is 1. The molecule has 0 saturated carbocycles. The molecule has 0 aliphatic carbocycles. The lowest BCUT2D eigenvalue weighted by atomic mass is 10.1. The first-order chi connectivity index (χ1) is 8.24. The summed E-state index contributed by atoms with van der Waals surface area (Å²) in [5, 5.41) is 3.46. The quantitative estimate of drug-likeness (QED) is 0.858. The van der Waals surface area contributed by atoms with Crippen molar-refractivity contribution in [1.82, 2.24) is 10.3 Å². The van der Waals surface area contributed by atoms with Gasteiger partial charge in [0.2, 0.25) is 0 Å². The Labute approximate surface area is 109 Å². The summed E-state index contributed by atoms with van der Waals surface area (Å²) < 4.78 is 1.08. The van der Waals surface area contributed by atoms with E-state index in [-0.39, 0.29) is 0 Å².